The minimum absolute atomic E-state index is 0.156. The molecule has 2 N–H and O–H groups in total. The van der Waals surface area contributed by atoms with E-state index in [0.29, 0.717) is 30.3 Å². The molecular formula is C19H19N3O4S. The summed E-state index contributed by atoms with van der Waals surface area (Å²) in [6, 6.07) is 9.07. The van der Waals surface area contributed by atoms with Crippen molar-refractivity contribution in [2.75, 3.05) is 5.32 Å². The molecule has 3 aromatic rings. The number of aryl methyl sites for hydroxylation is 1. The molecule has 0 saturated heterocycles. The standard InChI is InChI=1S/C19H19N3O4S/c1-12(19(24)25)10-13-2-4-15(5-3-13)20-16(23)6-7-17-21-22-18(26-17)14-8-9-27-11-14/h2-5,8-9,11-12H,6-7,10H2,1H3,(H,20,23)(H,24,25). The lowest BCUT2D eigenvalue weighted by molar-refractivity contribution is -0.141. The fourth-order valence-electron chi connectivity index (χ4n) is 2.47. The normalized spacial score (nSPS) is 11.9. The van der Waals surface area contributed by atoms with Gasteiger partial charge in [-0.3, -0.25) is 9.59 Å². The number of carboxylic acid groups (broad SMARTS) is 1. The van der Waals surface area contributed by atoms with Gasteiger partial charge in [0, 0.05) is 29.5 Å². The van der Waals surface area contributed by atoms with E-state index in [1.807, 2.05) is 29.0 Å². The molecule has 0 bridgehead atoms. The molecule has 2 heterocycles. The number of carbonyl (C=O) groups excluding carboxylic acids is 1. The minimum atomic E-state index is -0.824. The van der Waals surface area contributed by atoms with Crippen LogP contribution in [0.3, 0.4) is 0 Å². The summed E-state index contributed by atoms with van der Waals surface area (Å²) in [5, 5.41) is 23.6. The lowest BCUT2D eigenvalue weighted by atomic mass is 10.0. The van der Waals surface area contributed by atoms with Crippen LogP contribution in [0.25, 0.3) is 11.5 Å². The van der Waals surface area contributed by atoms with Crippen molar-refractivity contribution in [1.82, 2.24) is 10.2 Å². The second kappa shape index (κ2) is 8.59. The van der Waals surface area contributed by atoms with Crippen molar-refractivity contribution in [2.45, 2.75) is 26.2 Å². The minimum Gasteiger partial charge on any atom is -0.481 e. The Hall–Kier alpha value is -3.00. The number of thiophene rings is 1. The summed E-state index contributed by atoms with van der Waals surface area (Å²) in [5.41, 5.74) is 2.45. The summed E-state index contributed by atoms with van der Waals surface area (Å²) in [5.74, 6) is -0.548. The third-order valence-corrected chi connectivity index (χ3v) is 4.69. The number of aromatic nitrogens is 2. The monoisotopic (exact) mass is 385 g/mol. The van der Waals surface area contributed by atoms with Crippen LogP contribution in [0.2, 0.25) is 0 Å². The number of anilines is 1. The Morgan fingerprint density at radius 2 is 2.00 bits per heavy atom. The van der Waals surface area contributed by atoms with E-state index in [1.165, 1.54) is 0 Å². The molecule has 3 rings (SSSR count). The van der Waals surface area contributed by atoms with Gasteiger partial charge in [0.05, 0.1) is 5.92 Å². The third-order valence-electron chi connectivity index (χ3n) is 4.00. The number of hydrogen-bond donors (Lipinski definition) is 2. The van der Waals surface area contributed by atoms with Crippen LogP contribution in [0.4, 0.5) is 5.69 Å². The predicted molar refractivity (Wildman–Crippen MR) is 102 cm³/mol. The summed E-state index contributed by atoms with van der Waals surface area (Å²) in [4.78, 5) is 23.0. The van der Waals surface area contributed by atoms with Crippen LogP contribution < -0.4 is 5.32 Å². The summed E-state index contributed by atoms with van der Waals surface area (Å²) in [7, 11) is 0. The quantitative estimate of drug-likeness (QED) is 0.613. The summed E-state index contributed by atoms with van der Waals surface area (Å²) in [6.07, 6.45) is 1.04. The van der Waals surface area contributed by atoms with Gasteiger partial charge in [0.2, 0.25) is 17.7 Å². The SMILES string of the molecule is CC(Cc1ccc(NC(=O)CCc2nnc(-c3ccsc3)o2)cc1)C(=O)O. The molecule has 0 fully saturated rings. The maximum Gasteiger partial charge on any atom is 0.306 e. The van der Waals surface area contributed by atoms with Gasteiger partial charge in [-0.25, -0.2) is 0 Å². The van der Waals surface area contributed by atoms with Gasteiger partial charge in [-0.15, -0.1) is 10.2 Å². The molecule has 27 heavy (non-hydrogen) atoms. The first-order valence-corrected chi connectivity index (χ1v) is 9.42. The number of hydrogen-bond acceptors (Lipinski definition) is 6. The maximum absolute atomic E-state index is 12.1. The third kappa shape index (κ3) is 5.24. The number of carboxylic acids is 1. The van der Waals surface area contributed by atoms with Gasteiger partial charge < -0.3 is 14.8 Å². The van der Waals surface area contributed by atoms with Crippen LogP contribution in [-0.4, -0.2) is 27.2 Å². The van der Waals surface area contributed by atoms with E-state index in [0.717, 1.165) is 11.1 Å². The molecule has 140 valence electrons. The molecule has 7 nitrogen and oxygen atoms in total. The zero-order valence-electron chi connectivity index (χ0n) is 14.7. The highest BCUT2D eigenvalue weighted by atomic mass is 32.1. The smallest absolute Gasteiger partial charge is 0.306 e. The first-order valence-electron chi connectivity index (χ1n) is 8.48. The molecule has 0 aliphatic heterocycles. The van der Waals surface area contributed by atoms with E-state index < -0.39 is 11.9 Å². The fourth-order valence-corrected chi connectivity index (χ4v) is 3.10. The highest BCUT2D eigenvalue weighted by Crippen LogP contribution is 2.21. The van der Waals surface area contributed by atoms with Crippen LogP contribution in [0.1, 0.15) is 24.8 Å². The largest absolute Gasteiger partial charge is 0.481 e. The van der Waals surface area contributed by atoms with Crippen molar-refractivity contribution in [3.05, 3.63) is 52.5 Å². The Bertz CT molecular complexity index is 903. The molecule has 0 aliphatic rings. The average Bonchev–Trinajstić information content (AvgIpc) is 3.33. The first kappa shape index (κ1) is 18.8. The molecule has 0 aliphatic carbocycles. The molecule has 0 spiro atoms. The van der Waals surface area contributed by atoms with Gasteiger partial charge in [0.25, 0.3) is 0 Å². The van der Waals surface area contributed by atoms with E-state index in [-0.39, 0.29) is 12.3 Å². The van der Waals surface area contributed by atoms with Crippen molar-refractivity contribution in [1.29, 1.82) is 0 Å². The number of nitrogens with zero attached hydrogens (tertiary/aromatic N) is 2. The molecule has 0 radical (unpaired) electrons. The number of amides is 1. The second-order valence-corrected chi connectivity index (χ2v) is 6.98. The van der Waals surface area contributed by atoms with Crippen LogP contribution in [-0.2, 0) is 22.4 Å². The van der Waals surface area contributed by atoms with E-state index in [1.54, 1.807) is 30.4 Å². The van der Waals surface area contributed by atoms with E-state index >= 15 is 0 Å². The Labute approximate surface area is 160 Å². The highest BCUT2D eigenvalue weighted by molar-refractivity contribution is 7.08. The molecule has 1 aromatic carbocycles. The van der Waals surface area contributed by atoms with Gasteiger partial charge in [-0.05, 0) is 35.6 Å². The topological polar surface area (TPSA) is 105 Å². The van der Waals surface area contributed by atoms with Crippen molar-refractivity contribution in [3.8, 4) is 11.5 Å². The second-order valence-electron chi connectivity index (χ2n) is 6.20. The van der Waals surface area contributed by atoms with Crippen LogP contribution in [0.15, 0.2) is 45.5 Å². The summed E-state index contributed by atoms with van der Waals surface area (Å²) < 4.78 is 5.56. The Balaban J connectivity index is 1.48. The van der Waals surface area contributed by atoms with Gasteiger partial charge in [-0.1, -0.05) is 19.1 Å². The number of nitrogens with one attached hydrogen (secondary N) is 1. The van der Waals surface area contributed by atoms with Crippen LogP contribution in [0, 0.1) is 5.92 Å². The number of rotatable bonds is 8. The summed E-state index contributed by atoms with van der Waals surface area (Å²) in [6.45, 7) is 1.67. The van der Waals surface area contributed by atoms with Gasteiger partial charge in [0.1, 0.15) is 0 Å². The Morgan fingerprint density at radius 1 is 1.22 bits per heavy atom. The van der Waals surface area contributed by atoms with E-state index in [2.05, 4.69) is 15.5 Å². The average molecular weight is 385 g/mol. The number of aliphatic carboxylic acids is 1. The molecule has 1 amide bonds. The highest BCUT2D eigenvalue weighted by Gasteiger charge is 2.13. The van der Waals surface area contributed by atoms with Gasteiger partial charge in [-0.2, -0.15) is 11.3 Å². The molecule has 1 unspecified atom stereocenters. The first-order chi connectivity index (χ1) is 13.0. The number of carbonyl (C=O) groups is 2. The zero-order valence-corrected chi connectivity index (χ0v) is 15.5. The zero-order chi connectivity index (χ0) is 19.2. The molecule has 0 saturated carbocycles. The maximum atomic E-state index is 12.1. The van der Waals surface area contributed by atoms with Crippen molar-refractivity contribution >= 4 is 28.9 Å². The summed E-state index contributed by atoms with van der Waals surface area (Å²) >= 11 is 1.55. The van der Waals surface area contributed by atoms with E-state index in [9.17, 15) is 9.59 Å². The lowest BCUT2D eigenvalue weighted by Crippen LogP contribution is -2.13. The molecule has 1 atom stereocenters. The van der Waals surface area contributed by atoms with Crippen LogP contribution in [0.5, 0.6) is 0 Å². The van der Waals surface area contributed by atoms with Crippen molar-refractivity contribution in [3.63, 3.8) is 0 Å². The van der Waals surface area contributed by atoms with Crippen molar-refractivity contribution < 1.29 is 19.1 Å². The lowest BCUT2D eigenvalue weighted by Gasteiger charge is -2.08. The van der Waals surface area contributed by atoms with Crippen LogP contribution >= 0.6 is 11.3 Å². The molecular weight excluding hydrogens is 366 g/mol. The Kier molecular flexibility index (Phi) is 5.97. The van der Waals surface area contributed by atoms with Gasteiger partial charge in [0.15, 0.2) is 0 Å². The Morgan fingerprint density at radius 3 is 2.67 bits per heavy atom. The van der Waals surface area contributed by atoms with Crippen molar-refractivity contribution in [2.24, 2.45) is 5.92 Å². The number of benzene rings is 1. The predicted octanol–water partition coefficient (Wildman–Crippen LogP) is 3.63. The van der Waals surface area contributed by atoms with Gasteiger partial charge >= 0.3 is 5.97 Å². The molecule has 8 heteroatoms. The fraction of sp³-hybridized carbons (Fsp3) is 0.263. The molecule has 2 aromatic heterocycles. The van der Waals surface area contributed by atoms with E-state index in [4.69, 9.17) is 9.52 Å².